The van der Waals surface area contributed by atoms with Gasteiger partial charge in [-0.2, -0.15) is 0 Å². The van der Waals surface area contributed by atoms with Gasteiger partial charge in [0.25, 0.3) is 0 Å². The Labute approximate surface area is 184 Å². The minimum Gasteiger partial charge on any atom is -0.348 e. The molecule has 1 heterocycles. The van der Waals surface area contributed by atoms with Gasteiger partial charge in [-0.1, -0.05) is 74.0 Å². The van der Waals surface area contributed by atoms with Gasteiger partial charge >= 0.3 is 7.60 Å². The molecule has 0 saturated heterocycles. The van der Waals surface area contributed by atoms with Crippen LogP contribution in [0.5, 0.6) is 0 Å². The van der Waals surface area contributed by atoms with E-state index in [4.69, 9.17) is 9.05 Å². The van der Waals surface area contributed by atoms with Crippen LogP contribution in [-0.4, -0.2) is 24.0 Å². The highest BCUT2D eigenvalue weighted by atomic mass is 31.2. The number of benzene rings is 2. The van der Waals surface area contributed by atoms with Crippen LogP contribution >= 0.6 is 7.60 Å². The molecule has 164 valence electrons. The average Bonchev–Trinajstić information content (AvgIpc) is 3.19. The number of ketones is 1. The molecule has 0 unspecified atom stereocenters. The molecule has 0 aliphatic rings. The summed E-state index contributed by atoms with van der Waals surface area (Å²) in [6, 6.07) is 18.8. The van der Waals surface area contributed by atoms with E-state index in [0.29, 0.717) is 28.7 Å². The Bertz CT molecular complexity index is 1030. The van der Waals surface area contributed by atoms with E-state index < -0.39 is 7.60 Å². The molecule has 1 N–H and O–H groups in total. The summed E-state index contributed by atoms with van der Waals surface area (Å²) in [6.07, 6.45) is 2.40. The van der Waals surface area contributed by atoms with Gasteiger partial charge in [0.05, 0.1) is 24.5 Å². The monoisotopic (exact) mass is 439 g/mol. The maximum atomic E-state index is 13.8. The van der Waals surface area contributed by atoms with Crippen LogP contribution in [0, 0.1) is 0 Å². The average molecular weight is 439 g/mol. The molecule has 1 aromatic heterocycles. The summed E-state index contributed by atoms with van der Waals surface area (Å²) >= 11 is 0. The van der Waals surface area contributed by atoms with Crippen molar-refractivity contribution in [2.45, 2.75) is 40.0 Å². The number of hydrogen-bond donors (Lipinski definition) is 1. The smallest absolute Gasteiger partial charge is 0.348 e. The van der Waals surface area contributed by atoms with Gasteiger partial charge in [-0.25, -0.2) is 0 Å². The zero-order valence-electron chi connectivity index (χ0n) is 18.4. The van der Waals surface area contributed by atoms with E-state index in [-0.39, 0.29) is 19.0 Å². The number of rotatable bonds is 11. The van der Waals surface area contributed by atoms with Gasteiger partial charge < -0.3 is 14.0 Å². The summed E-state index contributed by atoms with van der Waals surface area (Å²) in [5.74, 6) is -0.104. The molecule has 31 heavy (non-hydrogen) atoms. The maximum absolute atomic E-state index is 13.8. The topological polar surface area (TPSA) is 68.4 Å². The molecule has 3 aromatic rings. The van der Waals surface area contributed by atoms with Crippen molar-refractivity contribution < 1.29 is 18.4 Å². The van der Waals surface area contributed by atoms with Crippen LogP contribution in [0.1, 0.15) is 55.1 Å². The van der Waals surface area contributed by atoms with Crippen molar-refractivity contribution in [3.63, 3.8) is 0 Å². The van der Waals surface area contributed by atoms with Crippen molar-refractivity contribution in [2.75, 3.05) is 13.2 Å². The highest BCUT2D eigenvalue weighted by Gasteiger charge is 2.36. The van der Waals surface area contributed by atoms with Crippen molar-refractivity contribution in [3.8, 4) is 11.3 Å². The second-order valence-electron chi connectivity index (χ2n) is 7.20. The van der Waals surface area contributed by atoms with E-state index in [1.165, 1.54) is 0 Å². The van der Waals surface area contributed by atoms with E-state index in [9.17, 15) is 9.36 Å². The molecule has 0 fully saturated rings. The summed E-state index contributed by atoms with van der Waals surface area (Å²) in [6.45, 7) is 6.15. The van der Waals surface area contributed by atoms with Crippen molar-refractivity contribution >= 4 is 18.8 Å². The minimum absolute atomic E-state index is 0.104. The number of nitrogens with one attached hydrogen (secondary N) is 1. The molecule has 3 rings (SSSR count). The largest absolute Gasteiger partial charge is 0.377 e. The van der Waals surface area contributed by atoms with Gasteiger partial charge in [0.2, 0.25) is 0 Å². The van der Waals surface area contributed by atoms with E-state index in [1.807, 2.05) is 48.5 Å². The Morgan fingerprint density at radius 2 is 1.48 bits per heavy atom. The lowest BCUT2D eigenvalue weighted by Crippen LogP contribution is -2.17. The fourth-order valence-electron chi connectivity index (χ4n) is 3.67. The van der Waals surface area contributed by atoms with Gasteiger partial charge in [0, 0.05) is 5.56 Å². The predicted octanol–water partition coefficient (Wildman–Crippen LogP) is 6.15. The zero-order valence-corrected chi connectivity index (χ0v) is 19.3. The van der Waals surface area contributed by atoms with Crippen LogP contribution in [0.4, 0.5) is 0 Å². The van der Waals surface area contributed by atoms with Crippen LogP contribution in [0.25, 0.3) is 11.3 Å². The van der Waals surface area contributed by atoms with E-state index in [1.54, 1.807) is 26.0 Å². The predicted molar refractivity (Wildman–Crippen MR) is 125 cm³/mol. The third kappa shape index (κ3) is 5.07. The first kappa shape index (κ1) is 23.2. The molecule has 0 aliphatic heterocycles. The molecular weight excluding hydrogens is 409 g/mol. The normalized spacial score (nSPS) is 11.6. The Kier molecular flexibility index (Phi) is 8.03. The third-order valence-electron chi connectivity index (χ3n) is 5.06. The molecule has 2 aromatic carbocycles. The maximum Gasteiger partial charge on any atom is 0.377 e. The molecule has 0 radical (unpaired) electrons. The number of H-pyrrole nitrogens is 1. The standard InChI is InChI=1S/C25H30NO4P/c1-4-7-18-21-22(24(27)20-16-12-9-13-17-20)23(19-14-10-8-11-15-19)26-25(21)31(28,29-5-2)30-6-3/h8-17,26H,4-7,18H2,1-3H3. The minimum atomic E-state index is -3.62. The van der Waals surface area contributed by atoms with E-state index >= 15 is 0 Å². The SMILES string of the molecule is CCCCc1c(P(=O)(OCC)OCC)[nH]c(-c2ccccc2)c1C(=O)c1ccccc1. The first-order valence-electron chi connectivity index (χ1n) is 10.8. The molecule has 5 nitrogen and oxygen atoms in total. The molecule has 0 amide bonds. The third-order valence-corrected chi connectivity index (χ3v) is 7.18. The number of hydrogen-bond acceptors (Lipinski definition) is 4. The van der Waals surface area contributed by atoms with Crippen molar-refractivity contribution in [3.05, 3.63) is 77.4 Å². The zero-order chi connectivity index (χ0) is 22.3. The molecule has 6 heteroatoms. The van der Waals surface area contributed by atoms with Gasteiger partial charge in [0.15, 0.2) is 5.78 Å². The lowest BCUT2D eigenvalue weighted by Gasteiger charge is -2.17. The summed E-state index contributed by atoms with van der Waals surface area (Å²) in [7, 11) is -3.62. The Morgan fingerprint density at radius 1 is 0.903 bits per heavy atom. The molecule has 0 atom stereocenters. The quantitative estimate of drug-likeness (QED) is 0.288. The van der Waals surface area contributed by atoms with Crippen molar-refractivity contribution in [2.24, 2.45) is 0 Å². The highest BCUT2D eigenvalue weighted by Crippen LogP contribution is 2.49. The molecule has 0 bridgehead atoms. The van der Waals surface area contributed by atoms with Crippen LogP contribution in [-0.2, 0) is 20.0 Å². The Hall–Kier alpha value is -2.46. The van der Waals surface area contributed by atoms with Crippen molar-refractivity contribution in [1.82, 2.24) is 4.98 Å². The molecule has 0 saturated carbocycles. The summed E-state index contributed by atoms with van der Waals surface area (Å²) in [4.78, 5) is 17.0. The molecular formula is C25H30NO4P. The van der Waals surface area contributed by atoms with Gasteiger partial charge in [-0.05, 0) is 37.8 Å². The van der Waals surface area contributed by atoms with Gasteiger partial charge in [-0.15, -0.1) is 0 Å². The van der Waals surface area contributed by atoms with Gasteiger partial charge in [-0.3, -0.25) is 9.36 Å². The fraction of sp³-hybridized carbons (Fsp3) is 0.320. The number of carbonyl (C=O) groups is 1. The van der Waals surface area contributed by atoms with Crippen LogP contribution < -0.4 is 5.44 Å². The van der Waals surface area contributed by atoms with E-state index in [0.717, 1.165) is 24.0 Å². The van der Waals surface area contributed by atoms with Crippen molar-refractivity contribution in [1.29, 1.82) is 0 Å². The summed E-state index contributed by atoms with van der Waals surface area (Å²) in [5, 5.41) is 0. The number of aromatic nitrogens is 1. The number of unbranched alkanes of at least 4 members (excludes halogenated alkanes) is 1. The fourth-order valence-corrected chi connectivity index (χ4v) is 5.48. The lowest BCUT2D eigenvalue weighted by atomic mass is 9.95. The van der Waals surface area contributed by atoms with Crippen LogP contribution in [0.15, 0.2) is 60.7 Å². The Balaban J connectivity index is 2.30. The second kappa shape index (κ2) is 10.7. The van der Waals surface area contributed by atoms with Crippen LogP contribution in [0.2, 0.25) is 0 Å². The number of carbonyl (C=O) groups excluding carboxylic acids is 1. The number of aromatic amines is 1. The molecule has 0 spiro atoms. The van der Waals surface area contributed by atoms with Gasteiger partial charge in [0.1, 0.15) is 5.44 Å². The highest BCUT2D eigenvalue weighted by molar-refractivity contribution is 7.62. The first-order valence-corrected chi connectivity index (χ1v) is 12.4. The first-order chi connectivity index (χ1) is 15.1. The van der Waals surface area contributed by atoms with E-state index in [2.05, 4.69) is 11.9 Å². The summed E-state index contributed by atoms with van der Waals surface area (Å²) in [5.41, 5.74) is 3.74. The van der Waals surface area contributed by atoms with Crippen LogP contribution in [0.3, 0.4) is 0 Å². The second-order valence-corrected chi connectivity index (χ2v) is 9.16. The summed E-state index contributed by atoms with van der Waals surface area (Å²) < 4.78 is 25.1. The lowest BCUT2D eigenvalue weighted by molar-refractivity contribution is 0.103. The Morgan fingerprint density at radius 3 is 2.03 bits per heavy atom. The molecule has 0 aliphatic carbocycles.